The summed E-state index contributed by atoms with van der Waals surface area (Å²) >= 11 is 3.35. The minimum atomic E-state index is 0.1000. The van der Waals surface area contributed by atoms with Gasteiger partial charge in [0.25, 0.3) is 0 Å². The number of carbonyl (C=O) groups is 1. The van der Waals surface area contributed by atoms with Crippen molar-refractivity contribution in [3.05, 3.63) is 63.6 Å². The highest BCUT2D eigenvalue weighted by atomic mass is 79.9. The van der Waals surface area contributed by atoms with Gasteiger partial charge in [0.05, 0.1) is 0 Å². The molecule has 0 saturated carbocycles. The first kappa shape index (κ1) is 14.8. The van der Waals surface area contributed by atoms with Crippen molar-refractivity contribution in [2.24, 2.45) is 0 Å². The standard InChI is InChI=1S/C17H18BrNO/c1-11(2)13-5-3-12(4-6-13)9-17(20)14-7-8-16(19)15(18)10-14/h3-8,10-11H,9,19H2,1-2H3. The van der Waals surface area contributed by atoms with Crippen LogP contribution in [-0.2, 0) is 6.42 Å². The van der Waals surface area contributed by atoms with Gasteiger partial charge in [0.1, 0.15) is 0 Å². The van der Waals surface area contributed by atoms with E-state index in [2.05, 4.69) is 41.9 Å². The Morgan fingerprint density at radius 3 is 2.35 bits per heavy atom. The third-order valence-electron chi connectivity index (χ3n) is 3.33. The first-order valence-corrected chi connectivity index (χ1v) is 7.43. The number of ketones is 1. The molecule has 0 radical (unpaired) electrons. The molecule has 0 aliphatic heterocycles. The van der Waals surface area contributed by atoms with Gasteiger partial charge in [0.2, 0.25) is 0 Å². The number of nitrogens with two attached hydrogens (primary N) is 1. The van der Waals surface area contributed by atoms with Crippen molar-refractivity contribution in [3.63, 3.8) is 0 Å². The highest BCUT2D eigenvalue weighted by Crippen LogP contribution is 2.22. The van der Waals surface area contributed by atoms with Gasteiger partial charge in [-0.25, -0.2) is 0 Å². The number of benzene rings is 2. The number of rotatable bonds is 4. The lowest BCUT2D eigenvalue weighted by Crippen LogP contribution is -2.04. The molecule has 0 heterocycles. The minimum Gasteiger partial charge on any atom is -0.398 e. The van der Waals surface area contributed by atoms with Crippen molar-refractivity contribution in [1.82, 2.24) is 0 Å². The van der Waals surface area contributed by atoms with Crippen LogP contribution in [0.3, 0.4) is 0 Å². The molecule has 3 heteroatoms. The van der Waals surface area contributed by atoms with E-state index >= 15 is 0 Å². The molecule has 0 spiro atoms. The van der Waals surface area contributed by atoms with Crippen LogP contribution < -0.4 is 5.73 Å². The van der Waals surface area contributed by atoms with E-state index in [-0.39, 0.29) is 5.78 Å². The van der Waals surface area contributed by atoms with Crippen LogP contribution in [0.15, 0.2) is 46.9 Å². The molecule has 0 unspecified atom stereocenters. The van der Waals surface area contributed by atoms with E-state index < -0.39 is 0 Å². The minimum absolute atomic E-state index is 0.1000. The molecular weight excluding hydrogens is 314 g/mol. The van der Waals surface area contributed by atoms with E-state index in [4.69, 9.17) is 5.73 Å². The van der Waals surface area contributed by atoms with Crippen LogP contribution in [0.2, 0.25) is 0 Å². The highest BCUT2D eigenvalue weighted by Gasteiger charge is 2.09. The molecule has 0 aromatic heterocycles. The summed E-state index contributed by atoms with van der Waals surface area (Å²) in [5, 5.41) is 0. The summed E-state index contributed by atoms with van der Waals surface area (Å²) in [6.45, 7) is 4.32. The Balaban J connectivity index is 2.12. The van der Waals surface area contributed by atoms with Gasteiger partial charge in [-0.05, 0) is 51.2 Å². The SMILES string of the molecule is CC(C)c1ccc(CC(=O)c2ccc(N)c(Br)c2)cc1. The highest BCUT2D eigenvalue weighted by molar-refractivity contribution is 9.10. The maximum Gasteiger partial charge on any atom is 0.167 e. The number of nitrogen functional groups attached to an aromatic ring is 1. The Morgan fingerprint density at radius 2 is 1.80 bits per heavy atom. The van der Waals surface area contributed by atoms with Gasteiger partial charge in [-0.2, -0.15) is 0 Å². The van der Waals surface area contributed by atoms with Gasteiger partial charge in [-0.3, -0.25) is 4.79 Å². The zero-order chi connectivity index (χ0) is 14.7. The maximum atomic E-state index is 12.2. The van der Waals surface area contributed by atoms with Crippen LogP contribution in [0.1, 0.15) is 41.3 Å². The lowest BCUT2D eigenvalue weighted by atomic mass is 9.98. The third-order valence-corrected chi connectivity index (χ3v) is 4.02. The number of halogens is 1. The fraction of sp³-hybridized carbons (Fsp3) is 0.235. The van der Waals surface area contributed by atoms with Crippen molar-refractivity contribution in [2.45, 2.75) is 26.2 Å². The number of Topliss-reactive ketones (excluding diaryl/α,β-unsaturated/α-hetero) is 1. The Morgan fingerprint density at radius 1 is 1.15 bits per heavy atom. The van der Waals surface area contributed by atoms with Crippen LogP contribution in [0.5, 0.6) is 0 Å². The molecule has 2 nitrogen and oxygen atoms in total. The normalized spacial score (nSPS) is 10.8. The van der Waals surface area contributed by atoms with Crippen molar-refractivity contribution in [2.75, 3.05) is 5.73 Å². The van der Waals surface area contributed by atoms with Crippen molar-refractivity contribution in [1.29, 1.82) is 0 Å². The first-order valence-electron chi connectivity index (χ1n) is 6.64. The number of hydrogen-bond acceptors (Lipinski definition) is 2. The van der Waals surface area contributed by atoms with Gasteiger partial charge in [-0.1, -0.05) is 38.1 Å². The fourth-order valence-corrected chi connectivity index (χ4v) is 2.39. The largest absolute Gasteiger partial charge is 0.398 e. The molecule has 0 bridgehead atoms. The molecule has 0 saturated heterocycles. The summed E-state index contributed by atoms with van der Waals surface area (Å²) in [4.78, 5) is 12.2. The monoisotopic (exact) mass is 331 g/mol. The molecule has 0 aliphatic carbocycles. The fourth-order valence-electron chi connectivity index (χ4n) is 2.01. The number of anilines is 1. The van der Waals surface area contributed by atoms with Crippen molar-refractivity contribution in [3.8, 4) is 0 Å². The van der Waals surface area contributed by atoms with Crippen LogP contribution in [0.4, 0.5) is 5.69 Å². The number of hydrogen-bond donors (Lipinski definition) is 1. The summed E-state index contributed by atoms with van der Waals surface area (Å²) < 4.78 is 0.763. The smallest absolute Gasteiger partial charge is 0.167 e. The first-order chi connectivity index (χ1) is 9.47. The van der Waals surface area contributed by atoms with Gasteiger partial charge >= 0.3 is 0 Å². The Bertz CT molecular complexity index is 617. The molecule has 2 N–H and O–H groups in total. The summed E-state index contributed by atoms with van der Waals surface area (Å²) in [7, 11) is 0. The second kappa shape index (κ2) is 6.23. The topological polar surface area (TPSA) is 43.1 Å². The summed E-state index contributed by atoms with van der Waals surface area (Å²) in [5.41, 5.74) is 9.37. The van der Waals surface area contributed by atoms with Gasteiger partial charge in [-0.15, -0.1) is 0 Å². The van der Waals surface area contributed by atoms with E-state index in [9.17, 15) is 4.79 Å². The predicted octanol–water partition coefficient (Wildman–Crippen LogP) is 4.58. The van der Waals surface area contributed by atoms with E-state index in [1.54, 1.807) is 18.2 Å². The predicted molar refractivity (Wildman–Crippen MR) is 87.1 cm³/mol. The molecule has 104 valence electrons. The van der Waals surface area contributed by atoms with Crippen molar-refractivity contribution >= 4 is 27.4 Å². The number of carbonyl (C=O) groups excluding carboxylic acids is 1. The molecule has 2 aromatic rings. The summed E-state index contributed by atoms with van der Waals surface area (Å²) in [6, 6.07) is 13.5. The molecular formula is C17H18BrNO. The molecule has 0 amide bonds. The van der Waals surface area contributed by atoms with Crippen molar-refractivity contribution < 1.29 is 4.79 Å². The molecule has 2 aromatic carbocycles. The van der Waals surface area contributed by atoms with Crippen LogP contribution >= 0.6 is 15.9 Å². The van der Waals surface area contributed by atoms with E-state index in [0.717, 1.165) is 10.0 Å². The Hall–Kier alpha value is -1.61. The van der Waals surface area contributed by atoms with Gasteiger partial charge < -0.3 is 5.73 Å². The zero-order valence-electron chi connectivity index (χ0n) is 11.7. The summed E-state index contributed by atoms with van der Waals surface area (Å²) in [5.74, 6) is 0.607. The lowest BCUT2D eigenvalue weighted by Gasteiger charge is -2.07. The summed E-state index contributed by atoms with van der Waals surface area (Å²) in [6.07, 6.45) is 0.411. The van der Waals surface area contributed by atoms with Gasteiger partial charge in [0, 0.05) is 22.1 Å². The molecule has 20 heavy (non-hydrogen) atoms. The van der Waals surface area contributed by atoms with Gasteiger partial charge in [0.15, 0.2) is 5.78 Å². The van der Waals surface area contributed by atoms with E-state index in [1.807, 2.05) is 12.1 Å². The van der Waals surface area contributed by atoms with E-state index in [0.29, 0.717) is 23.6 Å². The lowest BCUT2D eigenvalue weighted by molar-refractivity contribution is 0.0993. The Labute approximate surface area is 128 Å². The zero-order valence-corrected chi connectivity index (χ0v) is 13.3. The average molecular weight is 332 g/mol. The molecule has 0 atom stereocenters. The third kappa shape index (κ3) is 3.48. The second-order valence-electron chi connectivity index (χ2n) is 5.23. The molecule has 0 aliphatic rings. The molecule has 2 rings (SSSR count). The van der Waals surface area contributed by atoms with Crippen LogP contribution in [-0.4, -0.2) is 5.78 Å². The average Bonchev–Trinajstić information content (AvgIpc) is 2.42. The van der Waals surface area contributed by atoms with E-state index in [1.165, 1.54) is 5.56 Å². The maximum absolute atomic E-state index is 12.2. The molecule has 0 fully saturated rings. The van der Waals surface area contributed by atoms with Crippen LogP contribution in [0, 0.1) is 0 Å². The quantitative estimate of drug-likeness (QED) is 0.658. The van der Waals surface area contributed by atoms with Crippen LogP contribution in [0.25, 0.3) is 0 Å². The second-order valence-corrected chi connectivity index (χ2v) is 6.09. The Kier molecular flexibility index (Phi) is 4.61.